The van der Waals surface area contributed by atoms with Crippen LogP contribution in [0, 0.1) is 5.41 Å². The minimum atomic E-state index is -0.451. The summed E-state index contributed by atoms with van der Waals surface area (Å²) >= 11 is 0. The highest BCUT2D eigenvalue weighted by atomic mass is 14.1. The molecule has 0 bridgehead atoms. The number of hydrogen-bond acceptors (Lipinski definition) is 0. The van der Waals surface area contributed by atoms with Crippen LogP contribution in [0.5, 0.6) is 0 Å². The van der Waals surface area contributed by atoms with Crippen molar-refractivity contribution in [3.05, 3.63) is 0 Å². The molecule has 0 amide bonds. The van der Waals surface area contributed by atoms with Crippen molar-refractivity contribution in [3.63, 3.8) is 0 Å². The van der Waals surface area contributed by atoms with Crippen molar-refractivity contribution in [1.82, 2.24) is 0 Å². The molecule has 0 aromatic rings. The first-order chi connectivity index (χ1) is 2.94. The van der Waals surface area contributed by atoms with Crippen LogP contribution in [-0.4, -0.2) is 7.85 Å². The Balaban J connectivity index is 3.54. The molecule has 0 heterocycles. The van der Waals surface area contributed by atoms with Crippen molar-refractivity contribution in [2.75, 3.05) is 0 Å². The van der Waals surface area contributed by atoms with Crippen molar-refractivity contribution in [3.8, 4) is 0 Å². The first-order valence-electron chi connectivity index (χ1n) is 2.70. The van der Waals surface area contributed by atoms with Gasteiger partial charge in [-0.3, -0.25) is 0 Å². The molecular formula is C5H11B. The first-order valence-corrected chi connectivity index (χ1v) is 2.12. The van der Waals surface area contributed by atoms with Crippen molar-refractivity contribution in [2.24, 2.45) is 5.41 Å². The average molecular weight is 83.0 g/mol. The van der Waals surface area contributed by atoms with Gasteiger partial charge < -0.3 is 0 Å². The minimum absolute atomic E-state index is 0.0556. The molecule has 0 saturated carbocycles. The lowest BCUT2D eigenvalue weighted by Crippen LogP contribution is -2.01. The number of rotatable bonds is 0. The van der Waals surface area contributed by atoms with Crippen LogP contribution in [0.4, 0.5) is 0 Å². The molecule has 6 heavy (non-hydrogen) atoms. The second-order valence-electron chi connectivity index (χ2n) is 2.53. The van der Waals surface area contributed by atoms with Crippen LogP contribution in [-0.2, 0) is 0 Å². The normalized spacial score (nSPS) is 19.5. The molecule has 1 unspecified atom stereocenters. The summed E-state index contributed by atoms with van der Waals surface area (Å²) in [5, 5.41) is 0. The van der Waals surface area contributed by atoms with E-state index in [2.05, 4.69) is 0 Å². The Kier molecular flexibility index (Phi) is 1.18. The van der Waals surface area contributed by atoms with Crippen LogP contribution < -0.4 is 0 Å². The van der Waals surface area contributed by atoms with Gasteiger partial charge in [-0.05, 0) is 5.41 Å². The van der Waals surface area contributed by atoms with Crippen LogP contribution in [0.25, 0.3) is 0 Å². The standard InChI is InChI=1S/C5H11B/c1-5(2,3)4-6/h4H2,1-3H3/i4D. The molecular weight excluding hydrogens is 70.9 g/mol. The molecule has 0 nitrogen and oxygen atoms in total. The van der Waals surface area contributed by atoms with Crippen LogP contribution in [0.2, 0.25) is 6.30 Å². The molecule has 0 N–H and O–H groups in total. The van der Waals surface area contributed by atoms with Gasteiger partial charge in [0.15, 0.2) is 0 Å². The summed E-state index contributed by atoms with van der Waals surface area (Å²) in [6.45, 7) is 5.85. The van der Waals surface area contributed by atoms with Crippen LogP contribution in [0.1, 0.15) is 22.1 Å². The van der Waals surface area contributed by atoms with Crippen molar-refractivity contribution in [1.29, 1.82) is 0 Å². The SMILES string of the molecule is [2H]C([B])C(C)(C)C. The zero-order valence-electron chi connectivity index (χ0n) is 5.65. The van der Waals surface area contributed by atoms with E-state index >= 15 is 0 Å². The summed E-state index contributed by atoms with van der Waals surface area (Å²) in [5.74, 6) is 0. The molecule has 0 aliphatic heterocycles. The second-order valence-corrected chi connectivity index (χ2v) is 2.53. The van der Waals surface area contributed by atoms with Gasteiger partial charge in [0.25, 0.3) is 0 Å². The summed E-state index contributed by atoms with van der Waals surface area (Å²) in [4.78, 5) is 0. The molecule has 0 aliphatic carbocycles. The lowest BCUT2D eigenvalue weighted by molar-refractivity contribution is 0.469. The highest BCUT2D eigenvalue weighted by Crippen LogP contribution is 2.15. The topological polar surface area (TPSA) is 0 Å². The van der Waals surface area contributed by atoms with Crippen LogP contribution in [0.3, 0.4) is 0 Å². The third kappa shape index (κ3) is 4.06. The van der Waals surface area contributed by atoms with E-state index in [-0.39, 0.29) is 5.41 Å². The summed E-state index contributed by atoms with van der Waals surface area (Å²) in [6, 6.07) is 0. The Morgan fingerprint density at radius 2 is 1.83 bits per heavy atom. The Morgan fingerprint density at radius 3 is 1.83 bits per heavy atom. The molecule has 1 heteroatoms. The lowest BCUT2D eigenvalue weighted by atomic mass is 9.81. The van der Waals surface area contributed by atoms with Gasteiger partial charge in [-0.2, -0.15) is 0 Å². The van der Waals surface area contributed by atoms with Gasteiger partial charge in [0, 0.05) is 1.37 Å². The van der Waals surface area contributed by atoms with Gasteiger partial charge in [-0.15, -0.1) is 0 Å². The van der Waals surface area contributed by atoms with Crippen LogP contribution in [0.15, 0.2) is 0 Å². The monoisotopic (exact) mass is 83.1 g/mol. The Bertz CT molecular complexity index is 53.6. The molecule has 0 fully saturated rings. The maximum Gasteiger partial charge on any atom is 0.0660 e. The summed E-state index contributed by atoms with van der Waals surface area (Å²) < 4.78 is 7.01. The molecule has 0 spiro atoms. The smallest absolute Gasteiger partial charge is 0.0660 e. The Labute approximate surface area is 42.8 Å². The Morgan fingerprint density at radius 1 is 1.67 bits per heavy atom. The van der Waals surface area contributed by atoms with Crippen molar-refractivity contribution >= 4 is 7.85 Å². The summed E-state index contributed by atoms with van der Waals surface area (Å²) in [6.07, 6.45) is -0.451. The van der Waals surface area contributed by atoms with Crippen molar-refractivity contribution in [2.45, 2.75) is 27.1 Å². The second kappa shape index (κ2) is 1.68. The van der Waals surface area contributed by atoms with Crippen LogP contribution >= 0.6 is 0 Å². The Hall–Kier alpha value is 0.0649. The van der Waals surface area contributed by atoms with Gasteiger partial charge in [0.1, 0.15) is 0 Å². The molecule has 0 rings (SSSR count). The van der Waals surface area contributed by atoms with Gasteiger partial charge >= 0.3 is 0 Å². The van der Waals surface area contributed by atoms with E-state index < -0.39 is 6.30 Å². The molecule has 2 radical (unpaired) electrons. The molecule has 0 aromatic carbocycles. The fourth-order valence-electron chi connectivity index (χ4n) is 0. The maximum atomic E-state index is 7.01. The molecule has 0 saturated heterocycles. The minimum Gasteiger partial charge on any atom is -0.0839 e. The quantitative estimate of drug-likeness (QED) is 0.390. The molecule has 0 aliphatic rings. The van der Waals surface area contributed by atoms with E-state index in [9.17, 15) is 0 Å². The van der Waals surface area contributed by atoms with E-state index in [0.717, 1.165) is 0 Å². The molecule has 1 atom stereocenters. The third-order valence-electron chi connectivity index (χ3n) is 0.500. The maximum absolute atomic E-state index is 7.01. The predicted octanol–water partition coefficient (Wildman–Crippen LogP) is 1.62. The van der Waals surface area contributed by atoms with Gasteiger partial charge in [0.2, 0.25) is 0 Å². The van der Waals surface area contributed by atoms with Gasteiger partial charge in [-0.1, -0.05) is 27.1 Å². The molecule has 34 valence electrons. The predicted molar refractivity (Wildman–Crippen MR) is 30.0 cm³/mol. The zero-order valence-corrected chi connectivity index (χ0v) is 4.65. The molecule has 0 aromatic heterocycles. The first kappa shape index (κ1) is 4.23. The number of hydrogen-bond donors (Lipinski definition) is 0. The largest absolute Gasteiger partial charge is 0.0839 e. The fourth-order valence-corrected chi connectivity index (χ4v) is 0. The van der Waals surface area contributed by atoms with E-state index in [4.69, 9.17) is 9.22 Å². The van der Waals surface area contributed by atoms with E-state index in [1.54, 1.807) is 0 Å². The third-order valence-corrected chi connectivity index (χ3v) is 0.500. The fraction of sp³-hybridized carbons (Fsp3) is 1.00. The van der Waals surface area contributed by atoms with E-state index in [1.165, 1.54) is 0 Å². The van der Waals surface area contributed by atoms with Crippen molar-refractivity contribution < 1.29 is 1.37 Å². The highest BCUT2D eigenvalue weighted by Gasteiger charge is 2.02. The summed E-state index contributed by atoms with van der Waals surface area (Å²) in [7, 11) is 5.24. The van der Waals surface area contributed by atoms with E-state index in [1.807, 2.05) is 20.8 Å². The highest BCUT2D eigenvalue weighted by molar-refractivity contribution is 6.08. The lowest BCUT2D eigenvalue weighted by Gasteiger charge is -2.13. The van der Waals surface area contributed by atoms with E-state index in [0.29, 0.717) is 0 Å². The zero-order chi connectivity index (χ0) is 6.08. The summed E-state index contributed by atoms with van der Waals surface area (Å²) in [5.41, 5.74) is -0.0556. The average Bonchev–Trinajstić information content (AvgIpc) is 1.31. The van der Waals surface area contributed by atoms with Gasteiger partial charge in [-0.25, -0.2) is 0 Å². The van der Waals surface area contributed by atoms with Gasteiger partial charge in [0.05, 0.1) is 7.85 Å².